The van der Waals surface area contributed by atoms with E-state index < -0.39 is 16.4 Å². The van der Waals surface area contributed by atoms with E-state index in [2.05, 4.69) is 0 Å². The molecule has 0 aliphatic heterocycles. The molecule has 0 heterocycles. The molecular weight excluding hydrogens is 299 g/mol. The summed E-state index contributed by atoms with van der Waals surface area (Å²) in [7, 11) is -3.19. The summed E-state index contributed by atoms with van der Waals surface area (Å²) < 4.78 is 12.1. The quantitative estimate of drug-likeness (QED) is 0.531. The van der Waals surface area contributed by atoms with E-state index in [1.54, 1.807) is 4.67 Å². The molecule has 0 N–H and O–H groups in total. The Kier molecular flexibility index (Phi) is 6.90. The second-order valence-electron chi connectivity index (χ2n) is 3.80. The maximum absolute atomic E-state index is 12.6. The molecule has 0 spiro atoms. The van der Waals surface area contributed by atoms with Gasteiger partial charge in [-0.05, 0) is 27.7 Å². The van der Waals surface area contributed by atoms with E-state index in [0.29, 0.717) is 0 Å². The van der Waals surface area contributed by atoms with Crippen LogP contribution in [0.25, 0.3) is 0 Å². The zero-order chi connectivity index (χ0) is 12.4. The van der Waals surface area contributed by atoms with Gasteiger partial charge in [-0.25, -0.2) is 4.67 Å². The van der Waals surface area contributed by atoms with Crippen LogP contribution >= 0.6 is 53.7 Å². The van der Waals surface area contributed by atoms with Crippen molar-refractivity contribution < 1.29 is 4.57 Å². The molecule has 0 radical (unpaired) electrons. The van der Waals surface area contributed by atoms with Crippen molar-refractivity contribution in [3.63, 3.8) is 0 Å². The smallest absolute Gasteiger partial charge is 0.214 e. The Morgan fingerprint density at radius 2 is 1.13 bits per heavy atom. The lowest BCUT2D eigenvalue weighted by atomic mass is 10.3. The van der Waals surface area contributed by atoms with Gasteiger partial charge in [0.1, 0.15) is 0 Å². The fourth-order valence-electron chi connectivity index (χ4n) is 1.60. The molecule has 2 nitrogen and oxygen atoms in total. The van der Waals surface area contributed by atoms with Gasteiger partial charge >= 0.3 is 0 Å². The van der Waals surface area contributed by atoms with Crippen LogP contribution in [0.3, 0.4) is 0 Å². The largest absolute Gasteiger partial charge is 0.301 e. The van der Waals surface area contributed by atoms with Gasteiger partial charge in [0.15, 0.2) is 9.15 Å². The Hall–Kier alpha value is 1.35. The highest BCUT2D eigenvalue weighted by Crippen LogP contribution is 2.65. The predicted octanol–water partition coefficient (Wildman–Crippen LogP) is 4.91. The number of nitrogens with zero attached hydrogens (tertiary/aromatic N) is 1. The van der Waals surface area contributed by atoms with E-state index in [9.17, 15) is 4.57 Å². The SMILES string of the molecule is CC(C)N(C(C)C)P(=O)(C(Cl)Cl)C(Cl)Cl. The molecule has 0 aliphatic rings. The van der Waals surface area contributed by atoms with E-state index in [1.807, 2.05) is 27.7 Å². The Balaban J connectivity index is 5.30. The minimum absolute atomic E-state index is 0.0100. The molecule has 0 aromatic rings. The van der Waals surface area contributed by atoms with Gasteiger partial charge in [-0.1, -0.05) is 46.4 Å². The molecule has 15 heavy (non-hydrogen) atoms. The summed E-state index contributed by atoms with van der Waals surface area (Å²) >= 11 is 23.0. The summed E-state index contributed by atoms with van der Waals surface area (Å²) in [5, 5.41) is 0. The Morgan fingerprint density at radius 1 is 0.867 bits per heavy atom. The van der Waals surface area contributed by atoms with Gasteiger partial charge in [0.2, 0.25) is 7.29 Å². The number of hydrogen-bond acceptors (Lipinski definition) is 1. The van der Waals surface area contributed by atoms with Crippen LogP contribution in [-0.4, -0.2) is 25.9 Å². The molecule has 0 unspecified atom stereocenters. The third-order valence-corrected chi connectivity index (χ3v) is 8.10. The second-order valence-corrected chi connectivity index (χ2v) is 10.0. The van der Waals surface area contributed by atoms with Gasteiger partial charge in [-0.2, -0.15) is 0 Å². The highest BCUT2D eigenvalue weighted by molar-refractivity contribution is 7.69. The minimum atomic E-state index is -3.19. The van der Waals surface area contributed by atoms with E-state index in [1.165, 1.54) is 0 Å². The van der Waals surface area contributed by atoms with Gasteiger partial charge in [0.05, 0.1) is 0 Å². The summed E-state index contributed by atoms with van der Waals surface area (Å²) in [6.45, 7) is 7.61. The van der Waals surface area contributed by atoms with Crippen LogP contribution in [0.15, 0.2) is 0 Å². The highest BCUT2D eigenvalue weighted by Gasteiger charge is 2.45. The van der Waals surface area contributed by atoms with Crippen LogP contribution < -0.4 is 0 Å². The molecule has 0 amide bonds. The molecule has 0 fully saturated rings. The normalized spacial score (nSPS) is 13.9. The number of rotatable bonds is 5. The van der Waals surface area contributed by atoms with Gasteiger partial charge in [0.25, 0.3) is 0 Å². The van der Waals surface area contributed by atoms with Crippen molar-refractivity contribution in [3.05, 3.63) is 0 Å². The van der Waals surface area contributed by atoms with Crippen molar-refractivity contribution >= 4 is 53.7 Å². The lowest BCUT2D eigenvalue weighted by Gasteiger charge is -2.39. The van der Waals surface area contributed by atoms with Gasteiger partial charge < -0.3 is 4.57 Å². The Labute approximate surface area is 112 Å². The molecule has 0 rings (SSSR count). The first-order valence-electron chi connectivity index (χ1n) is 4.60. The number of halogens is 4. The Morgan fingerprint density at radius 3 is 1.20 bits per heavy atom. The molecule has 0 aromatic carbocycles. The van der Waals surface area contributed by atoms with Crippen LogP contribution in [0.2, 0.25) is 0 Å². The Bertz CT molecular complexity index is 225. The van der Waals surface area contributed by atoms with Crippen LogP contribution in [0.1, 0.15) is 27.7 Å². The van der Waals surface area contributed by atoms with Crippen molar-refractivity contribution in [1.82, 2.24) is 4.67 Å². The summed E-state index contributed by atoms with van der Waals surface area (Å²) in [4.78, 5) is 0. The van der Waals surface area contributed by atoms with Crippen molar-refractivity contribution in [2.75, 3.05) is 0 Å². The first kappa shape index (κ1) is 16.4. The maximum Gasteiger partial charge on any atom is 0.214 e. The monoisotopic (exact) mass is 313 g/mol. The molecule has 0 aromatic heterocycles. The van der Waals surface area contributed by atoms with Crippen molar-refractivity contribution in [2.24, 2.45) is 0 Å². The van der Waals surface area contributed by atoms with Gasteiger partial charge in [-0.3, -0.25) is 0 Å². The fourth-order valence-corrected chi connectivity index (χ4v) is 6.88. The number of alkyl halides is 4. The van der Waals surface area contributed by atoms with E-state index in [0.717, 1.165) is 0 Å². The molecule has 0 saturated heterocycles. The molecule has 0 bridgehead atoms. The summed E-state index contributed by atoms with van der Waals surface area (Å²) in [6.07, 6.45) is 0. The first-order chi connectivity index (χ1) is 6.65. The standard InChI is InChI=1S/C8H16Cl4NOP/c1-5(2)13(6(3)4)15(14,7(9)10)8(11)12/h5-8H,1-4H3. The highest BCUT2D eigenvalue weighted by atomic mass is 35.5. The average Bonchev–Trinajstić information content (AvgIpc) is 2.01. The van der Waals surface area contributed by atoms with Crippen LogP contribution in [0.5, 0.6) is 0 Å². The lowest BCUT2D eigenvalue weighted by Crippen LogP contribution is -2.37. The van der Waals surface area contributed by atoms with Gasteiger partial charge in [-0.15, -0.1) is 0 Å². The fraction of sp³-hybridized carbons (Fsp3) is 1.00. The third kappa shape index (κ3) is 3.66. The predicted molar refractivity (Wildman–Crippen MR) is 70.7 cm³/mol. The van der Waals surface area contributed by atoms with Gasteiger partial charge in [0, 0.05) is 12.1 Å². The van der Waals surface area contributed by atoms with E-state index >= 15 is 0 Å². The van der Waals surface area contributed by atoms with Crippen molar-refractivity contribution in [3.8, 4) is 0 Å². The van der Waals surface area contributed by atoms with Crippen LogP contribution in [0, 0.1) is 0 Å². The van der Waals surface area contributed by atoms with E-state index in [-0.39, 0.29) is 12.1 Å². The minimum Gasteiger partial charge on any atom is -0.301 e. The molecule has 92 valence electrons. The maximum atomic E-state index is 12.6. The molecule has 0 saturated carbocycles. The molecule has 0 atom stereocenters. The van der Waals surface area contributed by atoms with Crippen molar-refractivity contribution in [2.45, 2.75) is 48.9 Å². The number of hydrogen-bond donors (Lipinski definition) is 0. The topological polar surface area (TPSA) is 20.3 Å². The second kappa shape index (κ2) is 6.33. The summed E-state index contributed by atoms with van der Waals surface area (Å²) in [5.74, 6) is 0. The molecular formula is C8H16Cl4NOP. The molecule has 0 aliphatic carbocycles. The lowest BCUT2D eigenvalue weighted by molar-refractivity contribution is 0.300. The third-order valence-electron chi connectivity index (χ3n) is 1.98. The van der Waals surface area contributed by atoms with Crippen LogP contribution in [0.4, 0.5) is 0 Å². The summed E-state index contributed by atoms with van der Waals surface area (Å²) in [6, 6.07) is 0.0201. The first-order valence-corrected chi connectivity index (χ1v) is 8.14. The summed E-state index contributed by atoms with van der Waals surface area (Å²) in [5.41, 5.74) is 0. The van der Waals surface area contributed by atoms with E-state index in [4.69, 9.17) is 46.4 Å². The van der Waals surface area contributed by atoms with Crippen molar-refractivity contribution in [1.29, 1.82) is 0 Å². The average molecular weight is 315 g/mol. The molecule has 7 heteroatoms. The zero-order valence-electron chi connectivity index (χ0n) is 9.12. The zero-order valence-corrected chi connectivity index (χ0v) is 13.0. The van der Waals surface area contributed by atoms with Crippen LogP contribution in [-0.2, 0) is 4.57 Å².